The van der Waals surface area contributed by atoms with E-state index >= 15 is 0 Å². The lowest BCUT2D eigenvalue weighted by Gasteiger charge is -2.25. The monoisotopic (exact) mass is 555 g/mol. The van der Waals surface area contributed by atoms with Crippen LogP contribution < -0.4 is 33.2 Å². The first-order valence-electron chi connectivity index (χ1n) is 11.7. The molecule has 1 aromatic rings. The van der Waals surface area contributed by atoms with Gasteiger partial charge in [0.2, 0.25) is 17.7 Å². The number of thioether (sulfide) groups is 1. The Morgan fingerprint density at radius 3 is 2.08 bits per heavy atom. The number of hydrogen-bond donors (Lipinski definition) is 8. The van der Waals surface area contributed by atoms with Crippen molar-refractivity contribution in [1.29, 1.82) is 0 Å². The molecule has 0 spiro atoms. The van der Waals surface area contributed by atoms with Crippen molar-refractivity contribution in [3.63, 3.8) is 0 Å². The molecule has 1 aromatic carbocycles. The van der Waals surface area contributed by atoms with Gasteiger partial charge < -0.3 is 38.3 Å². The molecule has 1 rings (SSSR count). The molecule has 0 heterocycles. The average Bonchev–Trinajstić information content (AvgIpc) is 2.87. The number of benzene rings is 1. The molecule has 12 nitrogen and oxygen atoms in total. The molecule has 4 atom stereocenters. The summed E-state index contributed by atoms with van der Waals surface area (Å²) in [6.07, 6.45) is 2.72. The van der Waals surface area contributed by atoms with E-state index in [4.69, 9.17) is 17.2 Å². The molecule has 0 fully saturated rings. The summed E-state index contributed by atoms with van der Waals surface area (Å²) >= 11 is 5.47. The normalized spacial score (nSPS) is 13.9. The fourth-order valence-electron chi connectivity index (χ4n) is 3.23. The van der Waals surface area contributed by atoms with Gasteiger partial charge in [-0.1, -0.05) is 30.3 Å². The second kappa shape index (κ2) is 17.5. The summed E-state index contributed by atoms with van der Waals surface area (Å²) in [4.78, 5) is 54.2. The molecule has 14 heteroatoms. The number of rotatable bonds is 17. The number of nitrogens with one attached hydrogen (secondary N) is 3. The van der Waals surface area contributed by atoms with E-state index in [2.05, 4.69) is 33.6 Å². The minimum Gasteiger partial charge on any atom is -0.480 e. The molecule has 0 aliphatic heterocycles. The van der Waals surface area contributed by atoms with Gasteiger partial charge in [0.25, 0.3) is 0 Å². The smallest absolute Gasteiger partial charge is 0.326 e. The predicted octanol–water partition coefficient (Wildman–Crippen LogP) is -1.17. The number of thiol groups is 1. The second-order valence-corrected chi connectivity index (χ2v) is 9.58. The van der Waals surface area contributed by atoms with Crippen LogP contribution >= 0.6 is 24.4 Å². The zero-order valence-corrected chi connectivity index (χ0v) is 22.5. The molecule has 10 N–H and O–H groups in total. The molecule has 4 unspecified atom stereocenters. The Balaban J connectivity index is 2.99. The first-order valence-corrected chi connectivity index (χ1v) is 13.7. The zero-order valence-electron chi connectivity index (χ0n) is 20.8. The highest BCUT2D eigenvalue weighted by Crippen LogP contribution is 2.08. The highest BCUT2D eigenvalue weighted by Gasteiger charge is 2.30. The molecule has 0 aromatic heterocycles. The van der Waals surface area contributed by atoms with Gasteiger partial charge in [-0.3, -0.25) is 19.4 Å². The molecule has 0 bridgehead atoms. The van der Waals surface area contributed by atoms with Gasteiger partial charge in [0, 0.05) is 18.7 Å². The summed E-state index contributed by atoms with van der Waals surface area (Å²) < 4.78 is 0. The molecule has 0 saturated heterocycles. The molecule has 0 saturated carbocycles. The van der Waals surface area contributed by atoms with E-state index in [-0.39, 0.29) is 37.5 Å². The van der Waals surface area contributed by atoms with Crippen molar-refractivity contribution < 1.29 is 24.3 Å². The number of amides is 3. The Morgan fingerprint density at radius 2 is 1.54 bits per heavy atom. The van der Waals surface area contributed by atoms with Crippen LogP contribution in [0.2, 0.25) is 0 Å². The topological polar surface area (TPSA) is 215 Å². The average molecular weight is 556 g/mol. The Morgan fingerprint density at radius 1 is 0.973 bits per heavy atom. The van der Waals surface area contributed by atoms with E-state index in [0.29, 0.717) is 12.2 Å². The van der Waals surface area contributed by atoms with Gasteiger partial charge in [-0.25, -0.2) is 4.79 Å². The zero-order chi connectivity index (χ0) is 27.8. The second-order valence-electron chi connectivity index (χ2n) is 8.23. The van der Waals surface area contributed by atoms with E-state index in [1.54, 1.807) is 24.3 Å². The molecule has 0 aliphatic carbocycles. The number of nitrogens with zero attached hydrogens (tertiary/aromatic N) is 1. The van der Waals surface area contributed by atoms with Gasteiger partial charge in [-0.05, 0) is 36.8 Å². The SMILES string of the molecule is CSCCC(NC(=O)C(CCCN=C(N)N)NC(=O)C(N)CS)C(=O)NC(Cc1ccccc1)C(=O)O. The van der Waals surface area contributed by atoms with E-state index in [9.17, 15) is 24.3 Å². The fourth-order valence-corrected chi connectivity index (χ4v) is 3.87. The number of carboxylic acid groups (broad SMARTS) is 1. The number of guanidine groups is 1. The van der Waals surface area contributed by atoms with Crippen molar-refractivity contribution in [3.8, 4) is 0 Å². The number of nitrogens with two attached hydrogens (primary N) is 3. The predicted molar refractivity (Wildman–Crippen MR) is 148 cm³/mol. The highest BCUT2D eigenvalue weighted by molar-refractivity contribution is 7.98. The summed E-state index contributed by atoms with van der Waals surface area (Å²) in [5.74, 6) is -2.51. The standard InChI is InChI=1S/C23H37N7O5S2/c1-37-11-9-17(21(33)30-18(22(34)35)12-14-6-3-2-4-7-14)29-20(32)16(8-5-10-27-23(25)26)28-19(31)15(24)13-36/h2-4,6-7,15-18,36H,5,8-13,24H2,1H3,(H,28,31)(H,29,32)(H,30,33)(H,34,35)(H4,25,26,27). The van der Waals surface area contributed by atoms with Crippen molar-refractivity contribution in [2.45, 2.75) is 49.9 Å². The minimum absolute atomic E-state index is 0.0743. The Bertz CT molecular complexity index is 916. The van der Waals surface area contributed by atoms with E-state index in [0.717, 1.165) is 5.56 Å². The maximum absolute atomic E-state index is 13.1. The Kier molecular flexibility index (Phi) is 15.1. The molecule has 0 radical (unpaired) electrons. The van der Waals surface area contributed by atoms with Crippen LogP contribution in [-0.2, 0) is 25.6 Å². The molecular weight excluding hydrogens is 518 g/mol. The maximum Gasteiger partial charge on any atom is 0.326 e. The number of carbonyl (C=O) groups is 4. The lowest BCUT2D eigenvalue weighted by molar-refractivity contribution is -0.142. The third kappa shape index (κ3) is 12.7. The molecule has 206 valence electrons. The summed E-state index contributed by atoms with van der Waals surface area (Å²) in [6.45, 7) is 0.233. The largest absolute Gasteiger partial charge is 0.480 e. The maximum atomic E-state index is 13.1. The summed E-state index contributed by atoms with van der Waals surface area (Å²) in [6, 6.07) is 4.73. The molecule has 3 amide bonds. The van der Waals surface area contributed by atoms with Crippen molar-refractivity contribution in [2.24, 2.45) is 22.2 Å². The summed E-state index contributed by atoms with van der Waals surface area (Å²) in [7, 11) is 0. The fraction of sp³-hybridized carbons (Fsp3) is 0.522. The van der Waals surface area contributed by atoms with Crippen molar-refractivity contribution in [1.82, 2.24) is 16.0 Å². The van der Waals surface area contributed by atoms with Crippen LogP contribution in [0.15, 0.2) is 35.3 Å². The van der Waals surface area contributed by atoms with E-state index in [1.165, 1.54) is 11.8 Å². The summed E-state index contributed by atoms with van der Waals surface area (Å²) in [5.41, 5.74) is 17.1. The highest BCUT2D eigenvalue weighted by atomic mass is 32.2. The number of carboxylic acids is 1. The Hall–Kier alpha value is -2.97. The number of hydrogen-bond acceptors (Lipinski definition) is 8. The minimum atomic E-state index is -1.20. The van der Waals surface area contributed by atoms with Crippen LogP contribution in [0.1, 0.15) is 24.8 Å². The van der Waals surface area contributed by atoms with Crippen LogP contribution in [0, 0.1) is 0 Å². The first kappa shape index (κ1) is 32.1. The van der Waals surface area contributed by atoms with Gasteiger partial charge in [0.1, 0.15) is 18.1 Å². The van der Waals surface area contributed by atoms with Crippen LogP contribution in [0.4, 0.5) is 0 Å². The quantitative estimate of drug-likeness (QED) is 0.0502. The van der Waals surface area contributed by atoms with Gasteiger partial charge in [0.05, 0.1) is 6.04 Å². The van der Waals surface area contributed by atoms with Crippen molar-refractivity contribution in [3.05, 3.63) is 35.9 Å². The van der Waals surface area contributed by atoms with E-state index < -0.39 is 47.9 Å². The van der Waals surface area contributed by atoms with Crippen LogP contribution in [0.3, 0.4) is 0 Å². The van der Waals surface area contributed by atoms with Gasteiger partial charge in [-0.2, -0.15) is 24.4 Å². The number of carbonyl (C=O) groups excluding carboxylic acids is 3. The van der Waals surface area contributed by atoms with Gasteiger partial charge in [0.15, 0.2) is 5.96 Å². The third-order valence-electron chi connectivity index (χ3n) is 5.25. The third-order valence-corrected chi connectivity index (χ3v) is 6.29. The van der Waals surface area contributed by atoms with Crippen LogP contribution in [-0.4, -0.2) is 83.2 Å². The number of aliphatic imine (C=N–C) groups is 1. The van der Waals surface area contributed by atoms with Gasteiger partial charge in [-0.15, -0.1) is 0 Å². The molecule has 37 heavy (non-hydrogen) atoms. The molecule has 0 aliphatic rings. The summed E-state index contributed by atoms with van der Waals surface area (Å²) in [5, 5.41) is 17.4. The number of aliphatic carboxylic acids is 1. The Labute approximate surface area is 226 Å². The van der Waals surface area contributed by atoms with Crippen LogP contribution in [0.5, 0.6) is 0 Å². The first-order chi connectivity index (χ1) is 17.6. The lowest BCUT2D eigenvalue weighted by Crippen LogP contribution is -2.57. The molecular formula is C23H37N7O5S2. The lowest BCUT2D eigenvalue weighted by atomic mass is 10.0. The van der Waals surface area contributed by atoms with Crippen molar-refractivity contribution in [2.75, 3.05) is 24.3 Å². The van der Waals surface area contributed by atoms with Crippen molar-refractivity contribution >= 4 is 54.0 Å². The van der Waals surface area contributed by atoms with Gasteiger partial charge >= 0.3 is 5.97 Å². The van der Waals surface area contributed by atoms with Crippen LogP contribution in [0.25, 0.3) is 0 Å². The van der Waals surface area contributed by atoms with E-state index in [1.807, 2.05) is 12.3 Å².